The third-order valence-corrected chi connectivity index (χ3v) is 6.25. The van der Waals surface area contributed by atoms with E-state index in [1.54, 1.807) is 37.3 Å². The smallest absolute Gasteiger partial charge is 0.270 e. The Morgan fingerprint density at radius 1 is 1.00 bits per heavy atom. The first-order chi connectivity index (χ1) is 17.3. The highest BCUT2D eigenvalue weighted by Gasteiger charge is 2.34. The Morgan fingerprint density at radius 3 is 2.42 bits per heavy atom. The number of rotatable bonds is 4. The van der Waals surface area contributed by atoms with Gasteiger partial charge in [-0.3, -0.25) is 24.6 Å². The molecule has 5 rings (SSSR count). The van der Waals surface area contributed by atoms with Gasteiger partial charge in [-0.25, -0.2) is 0 Å². The minimum absolute atomic E-state index is 0.0281. The summed E-state index contributed by atoms with van der Waals surface area (Å²) in [7, 11) is 0. The molecule has 2 heterocycles. The number of anilines is 1. The highest BCUT2D eigenvalue weighted by molar-refractivity contribution is 7.80. The normalized spacial score (nSPS) is 14.9. The number of ether oxygens (including phenoxy) is 1. The molecule has 7 nitrogen and oxygen atoms in total. The van der Waals surface area contributed by atoms with Crippen molar-refractivity contribution >= 4 is 63.5 Å². The maximum Gasteiger partial charge on any atom is 0.270 e. The lowest BCUT2D eigenvalue weighted by Crippen LogP contribution is -2.54. The second-order valence-electron chi connectivity index (χ2n) is 7.98. The molecule has 0 radical (unpaired) electrons. The first-order valence-corrected chi connectivity index (χ1v) is 11.6. The average molecular weight is 517 g/mol. The molecule has 3 aromatic carbocycles. The van der Waals surface area contributed by atoms with Crippen molar-refractivity contribution in [1.29, 1.82) is 0 Å². The summed E-state index contributed by atoms with van der Waals surface area (Å²) >= 11 is 11.4. The Labute approximate surface area is 215 Å². The number of benzene rings is 3. The Hall–Kier alpha value is -4.27. The van der Waals surface area contributed by atoms with Crippen LogP contribution in [0.25, 0.3) is 17.0 Å². The number of para-hydroxylation sites is 1. The van der Waals surface area contributed by atoms with E-state index in [0.717, 1.165) is 5.56 Å². The van der Waals surface area contributed by atoms with Crippen molar-refractivity contribution in [3.05, 3.63) is 105 Å². The van der Waals surface area contributed by atoms with Crippen LogP contribution in [-0.2, 0) is 9.59 Å². The van der Waals surface area contributed by atoms with Gasteiger partial charge < -0.3 is 9.15 Å². The second-order valence-corrected chi connectivity index (χ2v) is 8.78. The highest BCUT2D eigenvalue weighted by Crippen LogP contribution is 2.27. The van der Waals surface area contributed by atoms with E-state index in [2.05, 4.69) is 5.32 Å². The molecule has 1 saturated heterocycles. The monoisotopic (exact) mass is 516 g/mol. The summed E-state index contributed by atoms with van der Waals surface area (Å²) in [5.41, 5.74) is 0.865. The van der Waals surface area contributed by atoms with Gasteiger partial charge in [0, 0.05) is 5.02 Å². The standard InChI is InChI=1S/C27H17ClN2O5S/c1-15-11-23-20(13-22(15)28)24(31)16(14-34-23)12-21-25(32)29-27(36)30(26(21)33)17-7-9-19(10-8-17)35-18-5-3-2-4-6-18/h2-14H,1H3,(H,29,32,36). The molecule has 2 amide bonds. The summed E-state index contributed by atoms with van der Waals surface area (Å²) in [5.74, 6) is -0.172. The van der Waals surface area contributed by atoms with Crippen molar-refractivity contribution in [2.45, 2.75) is 6.92 Å². The van der Waals surface area contributed by atoms with Gasteiger partial charge in [0.1, 0.15) is 28.9 Å². The third-order valence-electron chi connectivity index (χ3n) is 5.56. The number of fused-ring (bicyclic) bond motifs is 1. The Morgan fingerprint density at radius 2 is 1.69 bits per heavy atom. The van der Waals surface area contributed by atoms with E-state index in [9.17, 15) is 14.4 Å². The third kappa shape index (κ3) is 4.39. The van der Waals surface area contributed by atoms with Crippen LogP contribution in [0.15, 0.2) is 87.8 Å². The van der Waals surface area contributed by atoms with E-state index in [1.165, 1.54) is 23.3 Å². The summed E-state index contributed by atoms with van der Waals surface area (Å²) in [6.45, 7) is 1.79. The first-order valence-electron chi connectivity index (χ1n) is 10.8. The molecule has 4 aromatic rings. The molecule has 36 heavy (non-hydrogen) atoms. The van der Waals surface area contributed by atoms with E-state index in [1.807, 2.05) is 30.3 Å². The zero-order chi connectivity index (χ0) is 25.4. The van der Waals surface area contributed by atoms with Crippen LogP contribution in [0.3, 0.4) is 0 Å². The highest BCUT2D eigenvalue weighted by atomic mass is 35.5. The van der Waals surface area contributed by atoms with Crippen LogP contribution in [-0.4, -0.2) is 16.9 Å². The molecule has 0 atom stereocenters. The molecule has 0 aliphatic carbocycles. The van der Waals surface area contributed by atoms with E-state index in [4.69, 9.17) is 33.0 Å². The molecule has 0 saturated carbocycles. The van der Waals surface area contributed by atoms with E-state index in [-0.39, 0.29) is 21.6 Å². The molecule has 1 fully saturated rings. The number of hydrogen-bond acceptors (Lipinski definition) is 6. The predicted molar refractivity (Wildman–Crippen MR) is 141 cm³/mol. The lowest BCUT2D eigenvalue weighted by atomic mass is 10.1. The van der Waals surface area contributed by atoms with Crippen molar-refractivity contribution in [3.63, 3.8) is 0 Å². The van der Waals surface area contributed by atoms with Crippen LogP contribution < -0.4 is 20.4 Å². The molecule has 9 heteroatoms. The fourth-order valence-corrected chi connectivity index (χ4v) is 4.15. The van der Waals surface area contributed by atoms with Crippen molar-refractivity contribution in [2.24, 2.45) is 0 Å². The lowest BCUT2D eigenvalue weighted by molar-refractivity contribution is -0.122. The fourth-order valence-electron chi connectivity index (χ4n) is 3.70. The largest absolute Gasteiger partial charge is 0.463 e. The van der Waals surface area contributed by atoms with Crippen LogP contribution in [0, 0.1) is 6.92 Å². The minimum Gasteiger partial charge on any atom is -0.463 e. The van der Waals surface area contributed by atoms with Crippen molar-refractivity contribution in [3.8, 4) is 11.5 Å². The zero-order valence-corrected chi connectivity index (χ0v) is 20.4. The quantitative estimate of drug-likeness (QED) is 0.222. The number of carbonyl (C=O) groups is 2. The Bertz CT molecular complexity index is 1630. The van der Waals surface area contributed by atoms with Gasteiger partial charge in [-0.1, -0.05) is 29.8 Å². The van der Waals surface area contributed by atoms with Crippen molar-refractivity contribution < 1.29 is 18.7 Å². The molecule has 1 N–H and O–H groups in total. The van der Waals surface area contributed by atoms with Crippen LogP contribution in [0.4, 0.5) is 5.69 Å². The summed E-state index contributed by atoms with van der Waals surface area (Å²) in [6.07, 6.45) is 2.40. The number of carbonyl (C=O) groups excluding carboxylic acids is 2. The Balaban J connectivity index is 1.47. The van der Waals surface area contributed by atoms with Gasteiger partial charge in [-0.15, -0.1) is 0 Å². The molecule has 178 valence electrons. The summed E-state index contributed by atoms with van der Waals surface area (Å²) in [5, 5.41) is 3.07. The predicted octanol–water partition coefficient (Wildman–Crippen LogP) is 5.38. The fraction of sp³-hybridized carbons (Fsp3) is 0.0370. The van der Waals surface area contributed by atoms with Crippen LogP contribution in [0.2, 0.25) is 5.02 Å². The number of nitrogens with zero attached hydrogens (tertiary/aromatic N) is 1. The van der Waals surface area contributed by atoms with E-state index < -0.39 is 17.2 Å². The number of nitrogens with one attached hydrogen (secondary N) is 1. The summed E-state index contributed by atoms with van der Waals surface area (Å²) in [4.78, 5) is 40.2. The maximum atomic E-state index is 13.3. The van der Waals surface area contributed by atoms with E-state index in [0.29, 0.717) is 27.8 Å². The number of aryl methyl sites for hydroxylation is 1. The molecular formula is C27H17ClN2O5S. The molecule has 1 aliphatic heterocycles. The average Bonchev–Trinajstić information content (AvgIpc) is 2.86. The van der Waals surface area contributed by atoms with Gasteiger partial charge in [-0.2, -0.15) is 0 Å². The number of hydrogen-bond donors (Lipinski definition) is 1. The minimum atomic E-state index is -0.716. The zero-order valence-electron chi connectivity index (χ0n) is 18.8. The molecule has 0 unspecified atom stereocenters. The van der Waals surface area contributed by atoms with E-state index >= 15 is 0 Å². The van der Waals surface area contributed by atoms with Gasteiger partial charge in [0.25, 0.3) is 11.8 Å². The van der Waals surface area contributed by atoms with Gasteiger partial charge in [0.15, 0.2) is 10.5 Å². The second kappa shape index (κ2) is 9.41. The van der Waals surface area contributed by atoms with Gasteiger partial charge in [0.2, 0.25) is 0 Å². The molecular weight excluding hydrogens is 500 g/mol. The topological polar surface area (TPSA) is 88.8 Å². The number of halogens is 1. The van der Waals surface area contributed by atoms with Crippen LogP contribution >= 0.6 is 23.8 Å². The molecule has 0 bridgehead atoms. The van der Waals surface area contributed by atoms with Gasteiger partial charge in [-0.05, 0) is 79.3 Å². The number of thiocarbonyl (C=S) groups is 1. The number of amides is 2. The van der Waals surface area contributed by atoms with Crippen molar-refractivity contribution in [2.75, 3.05) is 4.90 Å². The molecule has 0 spiro atoms. The summed E-state index contributed by atoms with van der Waals surface area (Å²) < 4.78 is 11.4. The van der Waals surface area contributed by atoms with Crippen LogP contribution in [0.1, 0.15) is 11.1 Å². The lowest BCUT2D eigenvalue weighted by Gasteiger charge is -2.29. The first kappa shape index (κ1) is 23.5. The van der Waals surface area contributed by atoms with Gasteiger partial charge in [0.05, 0.1) is 16.6 Å². The van der Waals surface area contributed by atoms with Crippen LogP contribution in [0.5, 0.6) is 11.5 Å². The Kier molecular flexibility index (Phi) is 6.13. The molecule has 1 aliphatic rings. The SMILES string of the molecule is Cc1cc2occ(C=C3C(=O)NC(=S)N(c4ccc(Oc5ccccc5)cc4)C3=O)c(=O)c2cc1Cl. The van der Waals surface area contributed by atoms with Crippen molar-refractivity contribution in [1.82, 2.24) is 5.32 Å². The maximum absolute atomic E-state index is 13.3. The summed E-state index contributed by atoms with van der Waals surface area (Å²) in [6, 6.07) is 19.1. The van der Waals surface area contributed by atoms with Gasteiger partial charge >= 0.3 is 0 Å². The molecule has 1 aromatic heterocycles.